The first kappa shape index (κ1) is 22.0. The van der Waals surface area contributed by atoms with Gasteiger partial charge in [-0.15, -0.1) is 0 Å². The zero-order chi connectivity index (χ0) is 24.4. The van der Waals surface area contributed by atoms with Crippen molar-refractivity contribution in [2.45, 2.75) is 6.92 Å². The van der Waals surface area contributed by atoms with Crippen LogP contribution in [0, 0.1) is 5.82 Å². The van der Waals surface area contributed by atoms with Crippen molar-refractivity contribution in [3.05, 3.63) is 85.1 Å². The fourth-order valence-electron chi connectivity index (χ4n) is 3.67. The van der Waals surface area contributed by atoms with E-state index in [1.54, 1.807) is 48.9 Å². The summed E-state index contributed by atoms with van der Waals surface area (Å²) >= 11 is 0. The molecule has 2 N–H and O–H groups in total. The normalized spacial score (nSPS) is 10.8. The van der Waals surface area contributed by atoms with E-state index in [4.69, 9.17) is 4.74 Å². The predicted octanol–water partition coefficient (Wildman–Crippen LogP) is 5.66. The molecular weight excluding hydrogens is 447 g/mol. The molecule has 0 saturated heterocycles. The number of fused-ring (bicyclic) bond motifs is 1. The van der Waals surface area contributed by atoms with Crippen LogP contribution in [0.25, 0.3) is 22.2 Å². The Hall–Kier alpha value is -4.79. The second kappa shape index (κ2) is 9.22. The number of benzene rings is 2. The fourth-order valence-corrected chi connectivity index (χ4v) is 3.67. The lowest BCUT2D eigenvalue weighted by Crippen LogP contribution is -2.07. The van der Waals surface area contributed by atoms with E-state index in [1.807, 2.05) is 35.9 Å². The lowest BCUT2D eigenvalue weighted by atomic mass is 10.1. The van der Waals surface area contributed by atoms with Crippen molar-refractivity contribution >= 4 is 34.4 Å². The Morgan fingerprint density at radius 2 is 1.86 bits per heavy atom. The van der Waals surface area contributed by atoms with Gasteiger partial charge in [0.15, 0.2) is 0 Å². The SMILES string of the molecule is CC(=O)Nc1cc(Oc2ccc3c(c2)nc(Nc2cc(-c4cccnc4)ccc2F)n3C)ccn1. The van der Waals surface area contributed by atoms with E-state index in [9.17, 15) is 9.18 Å². The average molecular weight is 468 g/mol. The summed E-state index contributed by atoms with van der Waals surface area (Å²) in [6, 6.07) is 17.4. The molecule has 0 atom stereocenters. The molecule has 0 aliphatic rings. The number of amides is 1. The van der Waals surface area contributed by atoms with Gasteiger partial charge in [0, 0.05) is 50.3 Å². The minimum atomic E-state index is -0.388. The first-order chi connectivity index (χ1) is 17.0. The van der Waals surface area contributed by atoms with Gasteiger partial charge in [-0.25, -0.2) is 14.4 Å². The molecule has 0 fully saturated rings. The zero-order valence-electron chi connectivity index (χ0n) is 19.0. The van der Waals surface area contributed by atoms with E-state index in [2.05, 4.69) is 25.6 Å². The Bertz CT molecular complexity index is 1530. The van der Waals surface area contributed by atoms with Crippen LogP contribution in [-0.4, -0.2) is 25.4 Å². The smallest absolute Gasteiger partial charge is 0.222 e. The first-order valence-corrected chi connectivity index (χ1v) is 10.8. The third-order valence-electron chi connectivity index (χ3n) is 5.33. The maximum atomic E-state index is 14.6. The van der Waals surface area contributed by atoms with Gasteiger partial charge in [-0.2, -0.15) is 0 Å². The average Bonchev–Trinajstić information content (AvgIpc) is 3.15. The summed E-state index contributed by atoms with van der Waals surface area (Å²) in [6.07, 6.45) is 4.98. The van der Waals surface area contributed by atoms with Crippen molar-refractivity contribution in [1.29, 1.82) is 0 Å². The summed E-state index contributed by atoms with van der Waals surface area (Å²) in [5.41, 5.74) is 3.56. The molecule has 0 bridgehead atoms. The van der Waals surface area contributed by atoms with Crippen LogP contribution in [0.1, 0.15) is 6.92 Å². The Kier molecular flexibility index (Phi) is 5.80. The van der Waals surface area contributed by atoms with Crippen molar-refractivity contribution in [3.63, 3.8) is 0 Å². The monoisotopic (exact) mass is 468 g/mol. The number of ether oxygens (including phenoxy) is 1. The van der Waals surface area contributed by atoms with E-state index in [-0.39, 0.29) is 11.7 Å². The highest BCUT2D eigenvalue weighted by atomic mass is 19.1. The largest absolute Gasteiger partial charge is 0.457 e. The van der Waals surface area contributed by atoms with Gasteiger partial charge >= 0.3 is 0 Å². The number of rotatable bonds is 6. The minimum Gasteiger partial charge on any atom is -0.457 e. The number of carbonyl (C=O) groups excluding carboxylic acids is 1. The molecule has 1 amide bonds. The number of halogens is 1. The molecule has 3 aromatic heterocycles. The van der Waals surface area contributed by atoms with Crippen molar-refractivity contribution in [2.75, 3.05) is 10.6 Å². The Balaban J connectivity index is 1.41. The highest BCUT2D eigenvalue weighted by Crippen LogP contribution is 2.30. The Morgan fingerprint density at radius 3 is 2.66 bits per heavy atom. The molecule has 0 aliphatic heterocycles. The van der Waals surface area contributed by atoms with Crippen LogP contribution in [0.2, 0.25) is 0 Å². The summed E-state index contributed by atoms with van der Waals surface area (Å²) in [7, 11) is 1.85. The topological polar surface area (TPSA) is 94.0 Å². The van der Waals surface area contributed by atoms with Gasteiger partial charge in [0.25, 0.3) is 0 Å². The van der Waals surface area contributed by atoms with Gasteiger partial charge in [0.1, 0.15) is 23.1 Å². The van der Waals surface area contributed by atoms with Gasteiger partial charge in [-0.05, 0) is 42.0 Å². The number of hydrogen-bond acceptors (Lipinski definition) is 6. The molecule has 5 aromatic rings. The van der Waals surface area contributed by atoms with Gasteiger partial charge in [-0.3, -0.25) is 9.78 Å². The number of aromatic nitrogens is 4. The van der Waals surface area contributed by atoms with Crippen molar-refractivity contribution < 1.29 is 13.9 Å². The summed E-state index contributed by atoms with van der Waals surface area (Å²) in [4.78, 5) is 24.1. The van der Waals surface area contributed by atoms with Crippen LogP contribution >= 0.6 is 0 Å². The molecule has 0 saturated carbocycles. The number of nitrogens with zero attached hydrogens (tertiary/aromatic N) is 4. The van der Waals surface area contributed by atoms with Gasteiger partial charge in [0.2, 0.25) is 11.9 Å². The molecular formula is C26H21FN6O2. The first-order valence-electron chi connectivity index (χ1n) is 10.8. The highest BCUT2D eigenvalue weighted by Gasteiger charge is 2.13. The van der Waals surface area contributed by atoms with Crippen molar-refractivity contribution in [3.8, 4) is 22.6 Å². The van der Waals surface area contributed by atoms with Crippen LogP contribution in [0.4, 0.5) is 21.8 Å². The Labute approximate surface area is 200 Å². The second-order valence-electron chi connectivity index (χ2n) is 7.87. The Morgan fingerprint density at radius 1 is 1.00 bits per heavy atom. The minimum absolute atomic E-state index is 0.216. The molecule has 174 valence electrons. The zero-order valence-corrected chi connectivity index (χ0v) is 19.0. The molecule has 9 heteroatoms. The second-order valence-corrected chi connectivity index (χ2v) is 7.87. The molecule has 2 aromatic carbocycles. The van der Waals surface area contributed by atoms with E-state index in [0.29, 0.717) is 34.5 Å². The van der Waals surface area contributed by atoms with Gasteiger partial charge in [0.05, 0.1) is 16.7 Å². The maximum absolute atomic E-state index is 14.6. The molecule has 8 nitrogen and oxygen atoms in total. The fraction of sp³-hybridized carbons (Fsp3) is 0.0769. The number of carbonyl (C=O) groups is 1. The number of imidazole rings is 1. The van der Waals surface area contributed by atoms with Crippen molar-refractivity contribution in [1.82, 2.24) is 19.5 Å². The number of hydrogen-bond donors (Lipinski definition) is 2. The van der Waals surface area contributed by atoms with Crippen LogP contribution in [-0.2, 0) is 11.8 Å². The molecule has 5 rings (SSSR count). The number of pyridine rings is 2. The standard InChI is InChI=1S/C26H21FN6O2/c1-16(34)30-25-14-20(9-11-29-25)35-19-6-8-24-23(13-19)32-26(33(24)2)31-22-12-17(5-7-21(22)27)18-4-3-10-28-15-18/h3-15H,1-2H3,(H,31,32)(H,29,30,34). The van der Waals surface area contributed by atoms with E-state index in [0.717, 1.165) is 16.6 Å². The van der Waals surface area contributed by atoms with Crippen LogP contribution in [0.15, 0.2) is 79.3 Å². The number of anilines is 3. The lowest BCUT2D eigenvalue weighted by Gasteiger charge is -2.10. The summed E-state index contributed by atoms with van der Waals surface area (Å²) in [6.45, 7) is 1.41. The maximum Gasteiger partial charge on any atom is 0.222 e. The summed E-state index contributed by atoms with van der Waals surface area (Å²) in [5, 5.41) is 5.73. The molecule has 0 unspecified atom stereocenters. The van der Waals surface area contributed by atoms with E-state index >= 15 is 0 Å². The summed E-state index contributed by atoms with van der Waals surface area (Å²) < 4.78 is 22.4. The quantitative estimate of drug-likeness (QED) is 0.334. The van der Waals surface area contributed by atoms with E-state index in [1.165, 1.54) is 13.0 Å². The third kappa shape index (κ3) is 4.79. The molecule has 3 heterocycles. The number of nitrogens with one attached hydrogen (secondary N) is 2. The van der Waals surface area contributed by atoms with Crippen LogP contribution in [0.3, 0.4) is 0 Å². The van der Waals surface area contributed by atoms with Gasteiger partial charge in [-0.1, -0.05) is 12.1 Å². The summed E-state index contributed by atoms with van der Waals surface area (Å²) in [5.74, 6) is 1.36. The third-order valence-corrected chi connectivity index (χ3v) is 5.33. The predicted molar refractivity (Wildman–Crippen MR) is 132 cm³/mol. The van der Waals surface area contributed by atoms with E-state index < -0.39 is 0 Å². The van der Waals surface area contributed by atoms with Gasteiger partial charge < -0.3 is 19.9 Å². The highest BCUT2D eigenvalue weighted by molar-refractivity contribution is 5.87. The lowest BCUT2D eigenvalue weighted by molar-refractivity contribution is -0.114. The molecule has 0 radical (unpaired) electrons. The van der Waals surface area contributed by atoms with Crippen LogP contribution < -0.4 is 15.4 Å². The number of aryl methyl sites for hydroxylation is 1. The van der Waals surface area contributed by atoms with Crippen molar-refractivity contribution in [2.24, 2.45) is 7.05 Å². The van der Waals surface area contributed by atoms with Crippen LogP contribution in [0.5, 0.6) is 11.5 Å². The molecule has 35 heavy (non-hydrogen) atoms. The molecule has 0 aliphatic carbocycles. The molecule has 0 spiro atoms.